The SMILES string of the molecule is CCC(NS(=O)(=O)c1cnc[nH]1)C(=O)O. The number of nitrogens with zero attached hydrogens (tertiary/aromatic N) is 1. The number of sulfonamides is 1. The maximum atomic E-state index is 11.5. The lowest BCUT2D eigenvalue weighted by Crippen LogP contribution is -2.40. The molecule has 84 valence electrons. The van der Waals surface area contributed by atoms with Gasteiger partial charge in [0.05, 0.1) is 12.5 Å². The van der Waals surface area contributed by atoms with Gasteiger partial charge in [-0.3, -0.25) is 4.79 Å². The summed E-state index contributed by atoms with van der Waals surface area (Å²) in [5.74, 6) is -1.21. The van der Waals surface area contributed by atoms with Crippen molar-refractivity contribution in [2.24, 2.45) is 0 Å². The largest absolute Gasteiger partial charge is 0.480 e. The quantitative estimate of drug-likeness (QED) is 0.637. The highest BCUT2D eigenvalue weighted by Crippen LogP contribution is 2.04. The van der Waals surface area contributed by atoms with Crippen LogP contribution in [-0.2, 0) is 14.8 Å². The smallest absolute Gasteiger partial charge is 0.321 e. The number of carboxylic acids is 1. The van der Waals surface area contributed by atoms with Crippen LogP contribution in [0.3, 0.4) is 0 Å². The molecule has 0 aromatic carbocycles. The molecule has 0 aliphatic rings. The Kier molecular flexibility index (Phi) is 3.43. The topological polar surface area (TPSA) is 112 Å². The van der Waals surface area contributed by atoms with Gasteiger partial charge >= 0.3 is 5.97 Å². The fourth-order valence-electron chi connectivity index (χ4n) is 0.949. The number of aliphatic carboxylic acids is 1. The third kappa shape index (κ3) is 2.77. The third-order valence-electron chi connectivity index (χ3n) is 1.77. The number of aromatic nitrogens is 2. The van der Waals surface area contributed by atoms with E-state index in [-0.39, 0.29) is 11.4 Å². The molecule has 15 heavy (non-hydrogen) atoms. The maximum absolute atomic E-state index is 11.5. The lowest BCUT2D eigenvalue weighted by Gasteiger charge is -2.10. The van der Waals surface area contributed by atoms with Gasteiger partial charge in [0.25, 0.3) is 10.0 Å². The molecule has 0 spiro atoms. The second-order valence-electron chi connectivity index (χ2n) is 2.84. The number of carboxylic acid groups (broad SMARTS) is 1. The van der Waals surface area contributed by atoms with Gasteiger partial charge in [-0.05, 0) is 6.42 Å². The number of hydrogen-bond acceptors (Lipinski definition) is 4. The molecule has 0 aliphatic carbocycles. The van der Waals surface area contributed by atoms with E-state index in [0.717, 1.165) is 6.20 Å². The van der Waals surface area contributed by atoms with Gasteiger partial charge in [0.1, 0.15) is 6.04 Å². The first kappa shape index (κ1) is 11.7. The second-order valence-corrected chi connectivity index (χ2v) is 4.52. The molecule has 0 bridgehead atoms. The normalized spacial score (nSPS) is 13.7. The summed E-state index contributed by atoms with van der Waals surface area (Å²) >= 11 is 0. The number of H-pyrrole nitrogens is 1. The van der Waals surface area contributed by atoms with E-state index in [0.29, 0.717) is 0 Å². The van der Waals surface area contributed by atoms with Crippen molar-refractivity contribution in [1.82, 2.24) is 14.7 Å². The monoisotopic (exact) mass is 233 g/mol. The van der Waals surface area contributed by atoms with Crippen LogP contribution in [0.1, 0.15) is 13.3 Å². The van der Waals surface area contributed by atoms with Crippen molar-refractivity contribution >= 4 is 16.0 Å². The van der Waals surface area contributed by atoms with Gasteiger partial charge in [-0.15, -0.1) is 0 Å². The Morgan fingerprint density at radius 2 is 2.40 bits per heavy atom. The van der Waals surface area contributed by atoms with E-state index in [1.807, 2.05) is 4.72 Å². The van der Waals surface area contributed by atoms with Gasteiger partial charge < -0.3 is 10.1 Å². The maximum Gasteiger partial charge on any atom is 0.321 e. The van der Waals surface area contributed by atoms with Crippen LogP contribution in [0.5, 0.6) is 0 Å². The minimum atomic E-state index is -3.82. The zero-order chi connectivity index (χ0) is 11.5. The summed E-state index contributed by atoms with van der Waals surface area (Å²) in [6.45, 7) is 1.58. The fraction of sp³-hybridized carbons (Fsp3) is 0.429. The highest BCUT2D eigenvalue weighted by Gasteiger charge is 2.24. The molecule has 8 heteroatoms. The van der Waals surface area contributed by atoms with Gasteiger partial charge in [0.2, 0.25) is 0 Å². The van der Waals surface area contributed by atoms with E-state index >= 15 is 0 Å². The molecule has 0 amide bonds. The van der Waals surface area contributed by atoms with Gasteiger partial charge in [0.15, 0.2) is 5.03 Å². The molecule has 7 nitrogen and oxygen atoms in total. The van der Waals surface area contributed by atoms with Crippen molar-refractivity contribution in [2.45, 2.75) is 24.4 Å². The number of imidazole rings is 1. The summed E-state index contributed by atoms with van der Waals surface area (Å²) < 4.78 is 25.1. The molecule has 0 saturated carbocycles. The van der Waals surface area contributed by atoms with Crippen molar-refractivity contribution in [2.75, 3.05) is 0 Å². The lowest BCUT2D eigenvalue weighted by molar-refractivity contribution is -0.139. The van der Waals surface area contributed by atoms with Crippen LogP contribution in [-0.4, -0.2) is 35.5 Å². The predicted molar refractivity (Wildman–Crippen MR) is 50.6 cm³/mol. The zero-order valence-electron chi connectivity index (χ0n) is 7.97. The Morgan fingerprint density at radius 3 is 2.80 bits per heavy atom. The summed E-state index contributed by atoms with van der Waals surface area (Å²) in [4.78, 5) is 16.6. The van der Waals surface area contributed by atoms with Gasteiger partial charge in [-0.1, -0.05) is 6.92 Å². The minimum absolute atomic E-state index is 0.151. The van der Waals surface area contributed by atoms with Crippen molar-refractivity contribution in [3.63, 3.8) is 0 Å². The number of hydrogen-bond donors (Lipinski definition) is 3. The molecule has 1 unspecified atom stereocenters. The van der Waals surface area contributed by atoms with E-state index < -0.39 is 22.0 Å². The molecule has 0 radical (unpaired) electrons. The van der Waals surface area contributed by atoms with E-state index in [1.165, 1.54) is 6.33 Å². The molecule has 1 heterocycles. The van der Waals surface area contributed by atoms with E-state index in [4.69, 9.17) is 5.11 Å². The highest BCUT2D eigenvalue weighted by atomic mass is 32.2. The van der Waals surface area contributed by atoms with Crippen molar-refractivity contribution in [3.05, 3.63) is 12.5 Å². The van der Waals surface area contributed by atoms with E-state index in [1.54, 1.807) is 6.92 Å². The Hall–Kier alpha value is -1.41. The minimum Gasteiger partial charge on any atom is -0.480 e. The molecular weight excluding hydrogens is 222 g/mol. The van der Waals surface area contributed by atoms with Crippen LogP contribution < -0.4 is 4.72 Å². The molecule has 1 aromatic heterocycles. The van der Waals surface area contributed by atoms with Crippen LogP contribution in [0.15, 0.2) is 17.6 Å². The van der Waals surface area contributed by atoms with Crippen LogP contribution in [0, 0.1) is 0 Å². The number of nitrogens with one attached hydrogen (secondary N) is 2. The fourth-order valence-corrected chi connectivity index (χ4v) is 2.13. The number of aromatic amines is 1. The Balaban J connectivity index is 2.86. The van der Waals surface area contributed by atoms with Crippen LogP contribution in [0.4, 0.5) is 0 Å². The molecule has 1 atom stereocenters. The molecular formula is C7H11N3O4S. The van der Waals surface area contributed by atoms with E-state index in [9.17, 15) is 13.2 Å². The first-order valence-electron chi connectivity index (χ1n) is 4.21. The molecule has 0 saturated heterocycles. The second kappa shape index (κ2) is 4.41. The van der Waals surface area contributed by atoms with E-state index in [2.05, 4.69) is 9.97 Å². The average molecular weight is 233 g/mol. The molecule has 0 fully saturated rings. The standard InChI is InChI=1S/C7H11N3O4S/c1-2-5(7(11)12)10-15(13,14)6-3-8-4-9-6/h3-5,10H,2H2,1H3,(H,8,9)(H,11,12). The Labute approximate surface area is 86.6 Å². The first-order valence-corrected chi connectivity index (χ1v) is 5.69. The van der Waals surface area contributed by atoms with Crippen molar-refractivity contribution < 1.29 is 18.3 Å². The van der Waals surface area contributed by atoms with Crippen LogP contribution in [0.2, 0.25) is 0 Å². The predicted octanol–water partition coefficient (Wildman–Crippen LogP) is -0.449. The van der Waals surface area contributed by atoms with Crippen LogP contribution in [0.25, 0.3) is 0 Å². The van der Waals surface area contributed by atoms with Gasteiger partial charge in [0, 0.05) is 0 Å². The molecule has 1 aromatic rings. The molecule has 3 N–H and O–H groups in total. The summed E-state index contributed by atoms with van der Waals surface area (Å²) in [5.41, 5.74) is 0. The Bertz CT molecular complexity index is 425. The number of rotatable bonds is 5. The average Bonchev–Trinajstić information content (AvgIpc) is 2.67. The summed E-state index contributed by atoms with van der Waals surface area (Å²) in [7, 11) is -3.82. The Morgan fingerprint density at radius 1 is 1.73 bits per heavy atom. The van der Waals surface area contributed by atoms with Crippen LogP contribution >= 0.6 is 0 Å². The molecule has 1 rings (SSSR count). The molecule has 0 aliphatic heterocycles. The number of carbonyl (C=O) groups is 1. The zero-order valence-corrected chi connectivity index (χ0v) is 8.78. The highest BCUT2D eigenvalue weighted by molar-refractivity contribution is 7.89. The van der Waals surface area contributed by atoms with Gasteiger partial charge in [-0.2, -0.15) is 4.72 Å². The summed E-state index contributed by atoms with van der Waals surface area (Å²) in [6, 6.07) is -1.13. The third-order valence-corrected chi connectivity index (χ3v) is 3.16. The van der Waals surface area contributed by atoms with Gasteiger partial charge in [-0.25, -0.2) is 13.4 Å². The lowest BCUT2D eigenvalue weighted by atomic mass is 10.2. The summed E-state index contributed by atoms with van der Waals surface area (Å²) in [6.07, 6.45) is 2.48. The van der Waals surface area contributed by atoms with Crippen molar-refractivity contribution in [3.8, 4) is 0 Å². The first-order chi connectivity index (χ1) is 6.97. The van der Waals surface area contributed by atoms with Crippen molar-refractivity contribution in [1.29, 1.82) is 0 Å². The summed E-state index contributed by atoms with van der Waals surface area (Å²) in [5, 5.41) is 8.53.